The van der Waals surface area contributed by atoms with Gasteiger partial charge in [0.2, 0.25) is 5.95 Å². The van der Waals surface area contributed by atoms with Crippen LogP contribution < -0.4 is 19.1 Å². The van der Waals surface area contributed by atoms with Gasteiger partial charge in [0, 0.05) is 49.0 Å². The monoisotopic (exact) mass is 519 g/mol. The number of carbonyl (C=O) groups excluding carboxylic acids is 1. The molecule has 5 rings (SSSR count). The van der Waals surface area contributed by atoms with E-state index in [2.05, 4.69) is 37.4 Å². The van der Waals surface area contributed by atoms with Crippen LogP contribution in [0.15, 0.2) is 53.4 Å². The van der Waals surface area contributed by atoms with Gasteiger partial charge >= 0.3 is 0 Å². The normalized spacial score (nSPS) is 15.5. The molecule has 2 aromatic carbocycles. The van der Waals surface area contributed by atoms with E-state index in [0.717, 1.165) is 66.7 Å². The lowest BCUT2D eigenvalue weighted by molar-refractivity contribution is 0.0988. The highest BCUT2D eigenvalue weighted by atomic mass is 32.2. The fraction of sp³-hybridized carbons (Fsp3) is 0.280. The summed E-state index contributed by atoms with van der Waals surface area (Å²) >= 11 is 2.46. The SMILES string of the molecule is Cc1cc(C#N)nc(N2CCN(Sc3ccc4c(c3)CCN4C(=O)c3ccccc3OSN)CC2)n1. The summed E-state index contributed by atoms with van der Waals surface area (Å²) in [6.07, 6.45) is 0.809. The molecule has 0 unspecified atom stereocenters. The quantitative estimate of drug-likeness (QED) is 0.383. The Morgan fingerprint density at radius 2 is 1.89 bits per heavy atom. The second kappa shape index (κ2) is 10.8. The molecule has 0 atom stereocenters. The van der Waals surface area contributed by atoms with E-state index in [1.807, 2.05) is 30.0 Å². The zero-order valence-electron chi connectivity index (χ0n) is 19.8. The number of nitriles is 1. The summed E-state index contributed by atoms with van der Waals surface area (Å²) < 4.78 is 7.70. The van der Waals surface area contributed by atoms with Gasteiger partial charge < -0.3 is 14.0 Å². The fourth-order valence-electron chi connectivity index (χ4n) is 4.44. The van der Waals surface area contributed by atoms with Crippen LogP contribution in [0, 0.1) is 18.3 Å². The summed E-state index contributed by atoms with van der Waals surface area (Å²) in [5, 5.41) is 14.6. The number of fused-ring (bicyclic) bond motifs is 1. The van der Waals surface area contributed by atoms with Crippen molar-refractivity contribution in [3.8, 4) is 11.8 Å². The zero-order chi connectivity index (χ0) is 25.1. The fourth-order valence-corrected chi connectivity index (χ4v) is 5.66. The van der Waals surface area contributed by atoms with Crippen LogP contribution >= 0.6 is 24.2 Å². The minimum Gasteiger partial charge on any atom is -0.409 e. The number of rotatable bonds is 6. The number of anilines is 2. The first-order chi connectivity index (χ1) is 17.6. The van der Waals surface area contributed by atoms with Gasteiger partial charge in [-0.25, -0.2) is 19.4 Å². The molecule has 2 aliphatic heterocycles. The molecular formula is C25H25N7O2S2. The van der Waals surface area contributed by atoms with E-state index >= 15 is 0 Å². The molecule has 0 radical (unpaired) electrons. The third-order valence-electron chi connectivity index (χ3n) is 6.16. The number of aryl methyl sites for hydroxylation is 1. The van der Waals surface area contributed by atoms with E-state index in [1.165, 1.54) is 0 Å². The lowest BCUT2D eigenvalue weighted by Crippen LogP contribution is -2.44. The summed E-state index contributed by atoms with van der Waals surface area (Å²) in [6, 6.07) is 17.2. The minimum atomic E-state index is -0.0900. The Bertz CT molecular complexity index is 1320. The molecule has 36 heavy (non-hydrogen) atoms. The molecule has 0 saturated carbocycles. The number of nitrogens with two attached hydrogens (primary N) is 1. The van der Waals surface area contributed by atoms with Gasteiger partial charge in [0.05, 0.1) is 5.56 Å². The summed E-state index contributed by atoms with van der Waals surface area (Å²) in [7, 11) is 0. The minimum absolute atomic E-state index is 0.0900. The lowest BCUT2D eigenvalue weighted by Gasteiger charge is -2.34. The molecule has 1 aromatic heterocycles. The van der Waals surface area contributed by atoms with Gasteiger partial charge in [0.1, 0.15) is 24.0 Å². The lowest BCUT2D eigenvalue weighted by atomic mass is 10.1. The third-order valence-corrected chi connectivity index (χ3v) is 7.52. The van der Waals surface area contributed by atoms with E-state index in [4.69, 9.17) is 9.32 Å². The molecule has 11 heteroatoms. The molecule has 0 aliphatic carbocycles. The van der Waals surface area contributed by atoms with E-state index in [9.17, 15) is 10.1 Å². The predicted molar refractivity (Wildman–Crippen MR) is 142 cm³/mol. The van der Waals surface area contributed by atoms with Crippen LogP contribution in [0.1, 0.15) is 27.3 Å². The van der Waals surface area contributed by atoms with E-state index in [-0.39, 0.29) is 5.91 Å². The van der Waals surface area contributed by atoms with Gasteiger partial charge in [-0.3, -0.25) is 4.79 Å². The molecule has 0 spiro atoms. The van der Waals surface area contributed by atoms with Crippen molar-refractivity contribution in [3.05, 3.63) is 71.0 Å². The molecule has 1 amide bonds. The van der Waals surface area contributed by atoms with Crippen LogP contribution in [-0.2, 0) is 6.42 Å². The van der Waals surface area contributed by atoms with Crippen molar-refractivity contribution in [1.29, 1.82) is 5.26 Å². The van der Waals surface area contributed by atoms with Gasteiger partial charge in [-0.2, -0.15) is 5.26 Å². The molecule has 0 bridgehead atoms. The van der Waals surface area contributed by atoms with Gasteiger partial charge in [0.25, 0.3) is 5.91 Å². The maximum absolute atomic E-state index is 13.3. The molecule has 2 N–H and O–H groups in total. The van der Waals surface area contributed by atoms with E-state index in [1.54, 1.807) is 30.1 Å². The molecular weight excluding hydrogens is 494 g/mol. The number of amides is 1. The van der Waals surface area contributed by atoms with E-state index in [0.29, 0.717) is 29.5 Å². The Morgan fingerprint density at radius 3 is 2.67 bits per heavy atom. The molecule has 1 fully saturated rings. The van der Waals surface area contributed by atoms with Crippen molar-refractivity contribution in [3.63, 3.8) is 0 Å². The van der Waals surface area contributed by atoms with Gasteiger partial charge in [-0.15, -0.1) is 0 Å². The number of hydrogen-bond donors (Lipinski definition) is 1. The standard InChI is InChI=1S/C25H25N7O2S2/c1-17-14-19(16-26)29-25(28-17)30-10-12-31(13-11-30)35-20-6-7-22-18(15-20)8-9-32(22)24(33)21-4-2-3-5-23(21)34-36-27/h2-7,14-15H,8-13,27H2,1H3. The Morgan fingerprint density at radius 1 is 1.08 bits per heavy atom. The van der Waals surface area contributed by atoms with Crippen molar-refractivity contribution in [2.45, 2.75) is 18.2 Å². The zero-order valence-corrected chi connectivity index (χ0v) is 21.4. The molecule has 1 saturated heterocycles. The number of piperazine rings is 1. The first-order valence-corrected chi connectivity index (χ1v) is 13.1. The van der Waals surface area contributed by atoms with E-state index < -0.39 is 0 Å². The summed E-state index contributed by atoms with van der Waals surface area (Å²) in [6.45, 7) is 5.79. The summed E-state index contributed by atoms with van der Waals surface area (Å²) in [5.41, 5.74) is 3.80. The molecule has 9 nitrogen and oxygen atoms in total. The highest BCUT2D eigenvalue weighted by Gasteiger charge is 2.28. The molecule has 3 aromatic rings. The number of nitrogens with zero attached hydrogens (tertiary/aromatic N) is 6. The number of hydrogen-bond acceptors (Lipinski definition) is 10. The predicted octanol–water partition coefficient (Wildman–Crippen LogP) is 3.59. The maximum Gasteiger partial charge on any atom is 0.262 e. The Labute approximate surface area is 218 Å². The second-order valence-electron chi connectivity index (χ2n) is 8.49. The third kappa shape index (κ3) is 5.12. The van der Waals surface area contributed by atoms with Gasteiger partial charge in [-0.1, -0.05) is 12.1 Å². The summed E-state index contributed by atoms with van der Waals surface area (Å²) in [5.74, 6) is 0.998. The number of para-hydroxylation sites is 1. The van der Waals surface area contributed by atoms with Crippen LogP contribution in [0.5, 0.6) is 5.75 Å². The average Bonchev–Trinajstić information content (AvgIpc) is 3.32. The highest BCUT2D eigenvalue weighted by molar-refractivity contribution is 7.97. The Kier molecular flexibility index (Phi) is 7.29. The van der Waals surface area contributed by atoms with Crippen molar-refractivity contribution in [2.24, 2.45) is 5.14 Å². The van der Waals surface area contributed by atoms with Crippen molar-refractivity contribution >= 4 is 41.7 Å². The molecule has 184 valence electrons. The molecule has 3 heterocycles. The number of benzene rings is 2. The van der Waals surface area contributed by atoms with Crippen molar-refractivity contribution in [1.82, 2.24) is 14.3 Å². The van der Waals surface area contributed by atoms with Crippen molar-refractivity contribution in [2.75, 3.05) is 42.5 Å². The van der Waals surface area contributed by atoms with Crippen LogP contribution in [0.4, 0.5) is 11.6 Å². The van der Waals surface area contributed by atoms with Crippen molar-refractivity contribution < 1.29 is 8.98 Å². The van der Waals surface area contributed by atoms with Gasteiger partial charge in [0.15, 0.2) is 5.75 Å². The van der Waals surface area contributed by atoms with Gasteiger partial charge in [-0.05, 0) is 67.3 Å². The molecule has 2 aliphatic rings. The topological polar surface area (TPSA) is 112 Å². The number of aromatic nitrogens is 2. The Balaban J connectivity index is 1.23. The van der Waals surface area contributed by atoms with Crippen LogP contribution in [0.25, 0.3) is 0 Å². The number of carbonyl (C=O) groups is 1. The summed E-state index contributed by atoms with van der Waals surface area (Å²) in [4.78, 5) is 27.2. The van der Waals surface area contributed by atoms with Crippen LogP contribution in [0.2, 0.25) is 0 Å². The second-order valence-corrected chi connectivity index (χ2v) is 10.0. The first-order valence-electron chi connectivity index (χ1n) is 11.6. The highest BCUT2D eigenvalue weighted by Crippen LogP contribution is 2.35. The van der Waals surface area contributed by atoms with Crippen LogP contribution in [0.3, 0.4) is 0 Å². The largest absolute Gasteiger partial charge is 0.409 e. The smallest absolute Gasteiger partial charge is 0.262 e. The Hall–Kier alpha value is -3.30. The average molecular weight is 520 g/mol. The maximum atomic E-state index is 13.3. The van der Waals surface area contributed by atoms with Crippen LogP contribution in [-0.4, -0.2) is 52.9 Å². The first kappa shape index (κ1) is 24.4.